The molecule has 1 spiro atoms. The summed E-state index contributed by atoms with van der Waals surface area (Å²) in [4.78, 5) is 18.2. The Kier molecular flexibility index (Phi) is 2.16. The summed E-state index contributed by atoms with van der Waals surface area (Å²) >= 11 is 0. The lowest BCUT2D eigenvalue weighted by Crippen LogP contribution is -2.79. The molecule has 17 heavy (non-hydrogen) atoms. The van der Waals surface area contributed by atoms with E-state index >= 15 is 0 Å². The lowest BCUT2D eigenvalue weighted by molar-refractivity contribution is -1.14. The van der Waals surface area contributed by atoms with Crippen LogP contribution in [0.15, 0.2) is 0 Å². The van der Waals surface area contributed by atoms with E-state index in [9.17, 15) is 4.79 Å². The molecule has 1 N–H and O–H groups in total. The molecule has 5 heteroatoms. The van der Waals surface area contributed by atoms with Crippen molar-refractivity contribution in [2.45, 2.75) is 57.4 Å². The Morgan fingerprint density at radius 2 is 2.24 bits per heavy atom. The molecule has 0 radical (unpaired) electrons. The Hall–Kier alpha value is -0.650. The van der Waals surface area contributed by atoms with Crippen molar-refractivity contribution >= 4 is 6.09 Å². The molecule has 3 aliphatic heterocycles. The number of nitrogens with one attached hydrogen (secondary N) is 1. The standard InChI is InChI=1S/C12H21N2O3/c1-11(2,3)16-10(15)14-8-4-5-12(14)6-7-13-9(12)17-14/h9,13H,4-8H2,1-3H3/q+1. The first-order valence-corrected chi connectivity index (χ1v) is 6.43. The minimum Gasteiger partial charge on any atom is -0.412 e. The van der Waals surface area contributed by atoms with E-state index in [1.807, 2.05) is 20.8 Å². The van der Waals surface area contributed by atoms with Gasteiger partial charge in [0.15, 0.2) is 5.54 Å². The zero-order valence-corrected chi connectivity index (χ0v) is 10.8. The Morgan fingerprint density at radius 1 is 1.47 bits per heavy atom. The lowest BCUT2D eigenvalue weighted by atomic mass is 9.90. The molecule has 3 fully saturated rings. The lowest BCUT2D eigenvalue weighted by Gasteiger charge is -2.52. The van der Waals surface area contributed by atoms with Crippen LogP contribution in [0, 0.1) is 0 Å². The van der Waals surface area contributed by atoms with Crippen molar-refractivity contribution in [3.05, 3.63) is 0 Å². The quantitative estimate of drug-likeness (QED) is 0.653. The summed E-state index contributed by atoms with van der Waals surface area (Å²) in [6.45, 7) is 7.39. The first-order valence-electron chi connectivity index (χ1n) is 6.43. The fourth-order valence-corrected chi connectivity index (χ4v) is 3.45. The Balaban J connectivity index is 1.85. The van der Waals surface area contributed by atoms with Gasteiger partial charge in [0, 0.05) is 25.8 Å². The number of quaternary nitrogens is 1. The molecule has 3 saturated heterocycles. The van der Waals surface area contributed by atoms with E-state index in [-0.39, 0.29) is 22.5 Å². The normalized spacial score (nSPS) is 43.8. The number of hydrogen-bond donors (Lipinski definition) is 1. The van der Waals surface area contributed by atoms with Gasteiger partial charge in [-0.25, -0.2) is 0 Å². The number of hydrogen-bond acceptors (Lipinski definition) is 4. The van der Waals surface area contributed by atoms with E-state index in [0.717, 1.165) is 32.4 Å². The van der Waals surface area contributed by atoms with Crippen LogP contribution in [0.4, 0.5) is 4.79 Å². The maximum atomic E-state index is 12.4. The van der Waals surface area contributed by atoms with Crippen LogP contribution < -0.4 is 5.32 Å². The average molecular weight is 241 g/mol. The highest BCUT2D eigenvalue weighted by Crippen LogP contribution is 2.54. The van der Waals surface area contributed by atoms with E-state index in [4.69, 9.17) is 9.57 Å². The van der Waals surface area contributed by atoms with Gasteiger partial charge in [0.2, 0.25) is 6.23 Å². The zero-order chi connectivity index (χ0) is 12.3. The number of rotatable bonds is 0. The molecule has 0 aromatic rings. The third-order valence-corrected chi connectivity index (χ3v) is 4.15. The predicted octanol–water partition coefficient (Wildman–Crippen LogP) is 1.54. The summed E-state index contributed by atoms with van der Waals surface area (Å²) in [5.74, 6) is 0. The largest absolute Gasteiger partial charge is 0.550 e. The summed E-state index contributed by atoms with van der Waals surface area (Å²) in [7, 11) is 0. The smallest absolute Gasteiger partial charge is 0.412 e. The highest BCUT2D eigenvalue weighted by Gasteiger charge is 2.79. The zero-order valence-electron chi connectivity index (χ0n) is 10.8. The number of carbonyl (C=O) groups is 1. The van der Waals surface area contributed by atoms with Crippen LogP contribution in [0.25, 0.3) is 0 Å². The molecular formula is C12H21N2O3+. The average Bonchev–Trinajstić information content (AvgIpc) is 2.66. The van der Waals surface area contributed by atoms with Crippen LogP contribution in [0.2, 0.25) is 0 Å². The van der Waals surface area contributed by atoms with Crippen molar-refractivity contribution in [1.82, 2.24) is 5.32 Å². The summed E-state index contributed by atoms with van der Waals surface area (Å²) in [5.41, 5.74) is -0.489. The van der Waals surface area contributed by atoms with Gasteiger partial charge in [-0.05, 0) is 20.8 Å². The topological polar surface area (TPSA) is 47.6 Å². The van der Waals surface area contributed by atoms with Crippen LogP contribution in [-0.2, 0) is 9.57 Å². The summed E-state index contributed by atoms with van der Waals surface area (Å²) in [5, 5.41) is 3.32. The Bertz CT molecular complexity index is 361. The minimum absolute atomic E-state index is 0.0394. The molecule has 0 aromatic carbocycles. The van der Waals surface area contributed by atoms with Crippen LogP contribution >= 0.6 is 0 Å². The van der Waals surface area contributed by atoms with Gasteiger partial charge in [0.05, 0.1) is 0 Å². The summed E-state index contributed by atoms with van der Waals surface area (Å²) < 4.78 is 5.63. The number of hydroxylamine groups is 3. The third kappa shape index (κ3) is 1.33. The minimum atomic E-state index is -0.450. The van der Waals surface area contributed by atoms with Gasteiger partial charge in [-0.2, -0.15) is 9.63 Å². The predicted molar refractivity (Wildman–Crippen MR) is 60.8 cm³/mol. The first kappa shape index (κ1) is 11.4. The van der Waals surface area contributed by atoms with Gasteiger partial charge < -0.3 is 4.74 Å². The van der Waals surface area contributed by atoms with Gasteiger partial charge in [0.1, 0.15) is 12.1 Å². The molecule has 3 heterocycles. The molecular weight excluding hydrogens is 220 g/mol. The molecule has 0 bridgehead atoms. The van der Waals surface area contributed by atoms with E-state index in [1.165, 1.54) is 0 Å². The maximum absolute atomic E-state index is 12.4. The van der Waals surface area contributed by atoms with Gasteiger partial charge in [0.25, 0.3) is 0 Å². The molecule has 3 rings (SSSR count). The van der Waals surface area contributed by atoms with Crippen molar-refractivity contribution in [3.63, 3.8) is 0 Å². The molecule has 1 amide bonds. The first-order chi connectivity index (χ1) is 7.90. The van der Waals surface area contributed by atoms with Crippen molar-refractivity contribution in [2.24, 2.45) is 0 Å². The van der Waals surface area contributed by atoms with Gasteiger partial charge >= 0.3 is 6.09 Å². The fourth-order valence-electron chi connectivity index (χ4n) is 3.45. The molecule has 96 valence electrons. The molecule has 5 nitrogen and oxygen atoms in total. The van der Waals surface area contributed by atoms with Gasteiger partial charge in [-0.1, -0.05) is 4.65 Å². The second kappa shape index (κ2) is 3.22. The van der Waals surface area contributed by atoms with Crippen LogP contribution in [0.1, 0.15) is 40.0 Å². The van der Waals surface area contributed by atoms with Crippen molar-refractivity contribution in [3.8, 4) is 0 Å². The van der Waals surface area contributed by atoms with Gasteiger partial charge in [-0.3, -0.25) is 5.32 Å². The highest BCUT2D eigenvalue weighted by molar-refractivity contribution is 5.61. The highest BCUT2D eigenvalue weighted by atomic mass is 16.8. The van der Waals surface area contributed by atoms with Crippen molar-refractivity contribution in [1.29, 1.82) is 0 Å². The monoisotopic (exact) mass is 241 g/mol. The van der Waals surface area contributed by atoms with Crippen molar-refractivity contribution in [2.75, 3.05) is 13.1 Å². The van der Waals surface area contributed by atoms with E-state index in [0.29, 0.717) is 0 Å². The van der Waals surface area contributed by atoms with Crippen LogP contribution in [0.3, 0.4) is 0 Å². The Labute approximate surface area is 102 Å². The van der Waals surface area contributed by atoms with Crippen molar-refractivity contribution < 1.29 is 19.0 Å². The van der Waals surface area contributed by atoms with E-state index < -0.39 is 5.60 Å². The Morgan fingerprint density at radius 3 is 2.88 bits per heavy atom. The van der Waals surface area contributed by atoms with E-state index in [1.54, 1.807) is 0 Å². The van der Waals surface area contributed by atoms with Crippen LogP contribution in [-0.4, -0.2) is 41.2 Å². The third-order valence-electron chi connectivity index (χ3n) is 4.15. The second-order valence-electron chi connectivity index (χ2n) is 6.34. The van der Waals surface area contributed by atoms with Gasteiger partial charge in [-0.15, -0.1) is 0 Å². The molecule has 3 atom stereocenters. The number of ether oxygens (including phenoxy) is 1. The molecule has 3 unspecified atom stereocenters. The number of nitrogens with zero attached hydrogens (tertiary/aromatic N) is 1. The maximum Gasteiger partial charge on any atom is 0.550 e. The fraction of sp³-hybridized carbons (Fsp3) is 0.917. The second-order valence-corrected chi connectivity index (χ2v) is 6.34. The van der Waals surface area contributed by atoms with Crippen LogP contribution in [0.5, 0.6) is 0 Å². The molecule has 3 aliphatic rings. The molecule has 0 aliphatic carbocycles. The summed E-state index contributed by atoms with van der Waals surface area (Å²) in [6.07, 6.45) is 2.95. The number of amides is 1. The van der Waals surface area contributed by atoms with E-state index in [2.05, 4.69) is 5.32 Å². The summed E-state index contributed by atoms with van der Waals surface area (Å²) in [6, 6.07) is 0. The molecule has 0 aromatic heterocycles. The molecule has 0 saturated carbocycles. The SMILES string of the molecule is CC(C)(C)OC(=O)[N+]12CCCC13CCNC3O2. The number of carbonyl (C=O) groups excluding carboxylic acids is 1.